The largest absolute Gasteiger partial charge is 0.462 e. The van der Waals surface area contributed by atoms with E-state index < -0.39 is 0 Å². The molecular formula is C32H31NO2. The Kier molecular flexibility index (Phi) is 8.39. The van der Waals surface area contributed by atoms with Crippen molar-refractivity contribution < 1.29 is 9.47 Å². The molecule has 0 amide bonds. The maximum absolute atomic E-state index is 6.05. The van der Waals surface area contributed by atoms with E-state index in [0.717, 1.165) is 47.2 Å². The van der Waals surface area contributed by atoms with Crippen molar-refractivity contribution in [3.05, 3.63) is 139 Å². The van der Waals surface area contributed by atoms with Crippen LogP contribution in [0.15, 0.2) is 139 Å². The van der Waals surface area contributed by atoms with Crippen molar-refractivity contribution in [1.82, 2.24) is 0 Å². The van der Waals surface area contributed by atoms with Gasteiger partial charge in [0.2, 0.25) is 0 Å². The number of allylic oxidation sites excluding steroid dienone is 4. The molecule has 0 atom stereocenters. The van der Waals surface area contributed by atoms with Gasteiger partial charge in [0.05, 0.1) is 0 Å². The maximum Gasteiger partial charge on any atom is 0.127 e. The summed E-state index contributed by atoms with van der Waals surface area (Å²) in [5.41, 5.74) is 3.44. The van der Waals surface area contributed by atoms with Crippen molar-refractivity contribution >= 4 is 11.4 Å². The first-order valence-corrected chi connectivity index (χ1v) is 12.2. The monoisotopic (exact) mass is 461 g/mol. The first-order chi connectivity index (χ1) is 17.3. The highest BCUT2D eigenvalue weighted by Crippen LogP contribution is 2.35. The molecule has 1 aliphatic rings. The zero-order chi connectivity index (χ0) is 24.3. The number of anilines is 2. The number of rotatable bonds is 7. The lowest BCUT2D eigenvalue weighted by Crippen LogP contribution is -2.18. The third-order valence-electron chi connectivity index (χ3n) is 5.46. The van der Waals surface area contributed by atoms with Crippen LogP contribution in [0.2, 0.25) is 0 Å². The van der Waals surface area contributed by atoms with Gasteiger partial charge in [-0.25, -0.2) is 0 Å². The van der Waals surface area contributed by atoms with Crippen LogP contribution in [0.5, 0.6) is 17.2 Å². The van der Waals surface area contributed by atoms with E-state index in [0.29, 0.717) is 0 Å². The van der Waals surface area contributed by atoms with Gasteiger partial charge in [0, 0.05) is 23.5 Å². The zero-order valence-corrected chi connectivity index (χ0v) is 20.3. The third-order valence-corrected chi connectivity index (χ3v) is 5.46. The van der Waals surface area contributed by atoms with Gasteiger partial charge < -0.3 is 14.4 Å². The highest BCUT2D eigenvalue weighted by molar-refractivity contribution is 5.69. The normalized spacial score (nSPS) is 12.4. The summed E-state index contributed by atoms with van der Waals surface area (Å²) in [5.74, 6) is 3.49. The molecule has 1 aliphatic carbocycles. The van der Waals surface area contributed by atoms with E-state index in [1.807, 2.05) is 92.7 Å². The molecule has 4 aromatic rings. The lowest BCUT2D eigenvalue weighted by atomic mass is 10.1. The molecule has 35 heavy (non-hydrogen) atoms. The predicted molar refractivity (Wildman–Crippen MR) is 145 cm³/mol. The van der Waals surface area contributed by atoms with Gasteiger partial charge in [-0.05, 0) is 79.2 Å². The summed E-state index contributed by atoms with van der Waals surface area (Å²) in [7, 11) is 0. The smallest absolute Gasteiger partial charge is 0.127 e. The molecule has 0 N–H and O–H groups in total. The van der Waals surface area contributed by atoms with Gasteiger partial charge in [0.15, 0.2) is 0 Å². The summed E-state index contributed by atoms with van der Waals surface area (Å²) in [6, 6.07) is 38.5. The second kappa shape index (κ2) is 12.3. The van der Waals surface area contributed by atoms with E-state index >= 15 is 0 Å². The molecule has 3 heteroatoms. The Balaban J connectivity index is 0.00000141. The highest BCUT2D eigenvalue weighted by atomic mass is 16.5. The summed E-state index contributed by atoms with van der Waals surface area (Å²) in [6.45, 7) is 4.00. The zero-order valence-electron chi connectivity index (χ0n) is 20.3. The van der Waals surface area contributed by atoms with Crippen molar-refractivity contribution in [2.75, 3.05) is 4.90 Å². The molecule has 0 saturated carbocycles. The summed E-state index contributed by atoms with van der Waals surface area (Å²) < 4.78 is 12.0. The fourth-order valence-electron chi connectivity index (χ4n) is 3.86. The minimum Gasteiger partial charge on any atom is -0.462 e. The summed E-state index contributed by atoms with van der Waals surface area (Å²) >= 11 is 0. The van der Waals surface area contributed by atoms with Crippen LogP contribution in [0, 0.1) is 0 Å². The average molecular weight is 462 g/mol. The molecular weight excluding hydrogens is 430 g/mol. The quantitative estimate of drug-likeness (QED) is 0.274. The van der Waals surface area contributed by atoms with E-state index in [4.69, 9.17) is 9.47 Å². The van der Waals surface area contributed by atoms with Crippen LogP contribution in [-0.2, 0) is 0 Å². The predicted octanol–water partition coefficient (Wildman–Crippen LogP) is 9.28. The van der Waals surface area contributed by atoms with Crippen molar-refractivity contribution in [1.29, 1.82) is 0 Å². The summed E-state index contributed by atoms with van der Waals surface area (Å²) in [6.07, 6.45) is 5.97. The molecule has 0 aromatic heterocycles. The van der Waals surface area contributed by atoms with Gasteiger partial charge in [-0.3, -0.25) is 0 Å². The molecule has 4 aromatic carbocycles. The van der Waals surface area contributed by atoms with E-state index in [-0.39, 0.29) is 0 Å². The molecule has 0 bridgehead atoms. The van der Waals surface area contributed by atoms with E-state index in [1.54, 1.807) is 0 Å². The number of hydrogen-bond acceptors (Lipinski definition) is 3. The first kappa shape index (κ1) is 23.9. The summed E-state index contributed by atoms with van der Waals surface area (Å²) in [5, 5.41) is 0. The number of para-hydroxylation sites is 3. The lowest BCUT2D eigenvalue weighted by Gasteiger charge is -2.29. The SMILES string of the molecule is C1=C(Oc2ccccc2)CCC(N(c2ccccc2)c2ccc(Oc3ccccc3)cc2)=C1.CC. The van der Waals surface area contributed by atoms with Gasteiger partial charge in [-0.2, -0.15) is 0 Å². The van der Waals surface area contributed by atoms with Gasteiger partial charge in [-0.15, -0.1) is 0 Å². The second-order valence-electron chi connectivity index (χ2n) is 7.79. The molecule has 0 spiro atoms. The van der Waals surface area contributed by atoms with Crippen molar-refractivity contribution in [3.63, 3.8) is 0 Å². The van der Waals surface area contributed by atoms with Gasteiger partial charge in [-0.1, -0.05) is 68.4 Å². The van der Waals surface area contributed by atoms with Gasteiger partial charge in [0.1, 0.15) is 23.0 Å². The van der Waals surface area contributed by atoms with Crippen molar-refractivity contribution in [2.45, 2.75) is 26.7 Å². The maximum atomic E-state index is 6.05. The molecule has 0 heterocycles. The van der Waals surface area contributed by atoms with Crippen LogP contribution in [0.3, 0.4) is 0 Å². The molecule has 0 aliphatic heterocycles. The standard InChI is InChI=1S/C30H25NO2.C2H6/c1-4-10-24(11-5-1)31(25-16-20-29(21-17-25)32-27-12-6-2-7-13-27)26-18-22-30(23-19-26)33-28-14-8-3-9-15-28;1-2/h1-18,20-22H,19,23H2;1-2H3. The second-order valence-corrected chi connectivity index (χ2v) is 7.79. The van der Waals surface area contributed by atoms with Crippen LogP contribution >= 0.6 is 0 Å². The van der Waals surface area contributed by atoms with Gasteiger partial charge >= 0.3 is 0 Å². The first-order valence-electron chi connectivity index (χ1n) is 12.2. The molecule has 3 nitrogen and oxygen atoms in total. The number of ether oxygens (including phenoxy) is 2. The minimum atomic E-state index is 0.814. The Bertz CT molecular complexity index is 1230. The summed E-state index contributed by atoms with van der Waals surface area (Å²) in [4.78, 5) is 2.29. The molecule has 0 radical (unpaired) electrons. The topological polar surface area (TPSA) is 21.7 Å². The van der Waals surface area contributed by atoms with E-state index in [2.05, 4.69) is 53.5 Å². The van der Waals surface area contributed by atoms with Gasteiger partial charge in [0.25, 0.3) is 0 Å². The molecule has 0 unspecified atom stereocenters. The van der Waals surface area contributed by atoms with Crippen LogP contribution in [-0.4, -0.2) is 0 Å². The number of hydrogen-bond donors (Lipinski definition) is 0. The number of benzene rings is 4. The Hall–Kier alpha value is -4.24. The van der Waals surface area contributed by atoms with Crippen molar-refractivity contribution in [2.24, 2.45) is 0 Å². The van der Waals surface area contributed by atoms with Crippen LogP contribution in [0.25, 0.3) is 0 Å². The van der Waals surface area contributed by atoms with Crippen LogP contribution in [0.4, 0.5) is 11.4 Å². The molecule has 176 valence electrons. The third kappa shape index (κ3) is 6.42. The Morgan fingerprint density at radius 3 is 1.51 bits per heavy atom. The minimum absolute atomic E-state index is 0.814. The number of nitrogens with zero attached hydrogens (tertiary/aromatic N) is 1. The lowest BCUT2D eigenvalue weighted by molar-refractivity contribution is 0.400. The van der Waals surface area contributed by atoms with E-state index in [9.17, 15) is 0 Å². The van der Waals surface area contributed by atoms with Crippen LogP contribution in [0.1, 0.15) is 26.7 Å². The Morgan fingerprint density at radius 2 is 0.971 bits per heavy atom. The molecule has 0 fully saturated rings. The highest BCUT2D eigenvalue weighted by Gasteiger charge is 2.18. The van der Waals surface area contributed by atoms with E-state index in [1.165, 1.54) is 5.70 Å². The van der Waals surface area contributed by atoms with Crippen LogP contribution < -0.4 is 14.4 Å². The molecule has 0 saturated heterocycles. The Morgan fingerprint density at radius 1 is 0.486 bits per heavy atom. The fourth-order valence-corrected chi connectivity index (χ4v) is 3.86. The fraction of sp³-hybridized carbons (Fsp3) is 0.125. The van der Waals surface area contributed by atoms with Crippen molar-refractivity contribution in [3.8, 4) is 17.2 Å². The Labute approximate surface area is 208 Å². The molecule has 5 rings (SSSR count). The average Bonchev–Trinajstić information content (AvgIpc) is 2.94.